The van der Waals surface area contributed by atoms with E-state index in [-0.39, 0.29) is 6.42 Å². The van der Waals surface area contributed by atoms with Crippen molar-refractivity contribution in [2.75, 3.05) is 25.1 Å². The van der Waals surface area contributed by atoms with Gasteiger partial charge in [0.25, 0.3) is 0 Å². The van der Waals surface area contributed by atoms with Crippen molar-refractivity contribution in [2.45, 2.75) is 31.2 Å². The highest BCUT2D eigenvalue weighted by Gasteiger charge is 2.36. The maximum Gasteiger partial charge on any atom is 0.192 e. The van der Waals surface area contributed by atoms with E-state index in [9.17, 15) is 15.0 Å². The zero-order valence-electron chi connectivity index (χ0n) is 15.2. The third kappa shape index (κ3) is 3.86. The largest absolute Gasteiger partial charge is 0.490 e. The Morgan fingerprint density at radius 2 is 2.07 bits per heavy atom. The van der Waals surface area contributed by atoms with Gasteiger partial charge in [0.1, 0.15) is 24.6 Å². The number of aliphatic hydroxyl groups is 2. The summed E-state index contributed by atoms with van der Waals surface area (Å²) >= 11 is 6.41. The van der Waals surface area contributed by atoms with Crippen LogP contribution in [0.2, 0.25) is 5.02 Å². The summed E-state index contributed by atoms with van der Waals surface area (Å²) in [6, 6.07) is 11.6. The number of aliphatic hydroxyl groups excluding tert-OH is 2. The lowest BCUT2D eigenvalue weighted by molar-refractivity contribution is -0.161. The third-order valence-electron chi connectivity index (χ3n) is 5.13. The van der Waals surface area contributed by atoms with Crippen LogP contribution in [0, 0.1) is 0 Å². The van der Waals surface area contributed by atoms with Gasteiger partial charge in [-0.05, 0) is 41.3 Å². The number of benzene rings is 2. The summed E-state index contributed by atoms with van der Waals surface area (Å²) < 4.78 is 11.3. The molecule has 2 aromatic rings. The molecule has 0 aromatic heterocycles. The Kier molecular flexibility index (Phi) is 5.55. The van der Waals surface area contributed by atoms with Gasteiger partial charge in [0.2, 0.25) is 0 Å². The molecule has 2 aliphatic rings. The predicted octanol–water partition coefficient (Wildman–Crippen LogP) is 2.49. The van der Waals surface area contributed by atoms with Gasteiger partial charge in [-0.1, -0.05) is 29.8 Å². The van der Waals surface area contributed by atoms with Crippen molar-refractivity contribution in [3.8, 4) is 5.75 Å². The first-order valence-corrected chi connectivity index (χ1v) is 9.69. The van der Waals surface area contributed by atoms with Gasteiger partial charge in [-0.15, -0.1) is 0 Å². The smallest absolute Gasteiger partial charge is 0.192 e. The van der Waals surface area contributed by atoms with Gasteiger partial charge in [-0.25, -0.2) is 0 Å². The summed E-state index contributed by atoms with van der Waals surface area (Å²) in [6.45, 7) is 0.987. The quantitative estimate of drug-likeness (QED) is 0.727. The lowest BCUT2D eigenvalue weighted by Crippen LogP contribution is -2.43. The van der Waals surface area contributed by atoms with Crippen LogP contribution in [0.1, 0.15) is 29.2 Å². The average Bonchev–Trinajstić information content (AvgIpc) is 2.71. The summed E-state index contributed by atoms with van der Waals surface area (Å²) in [5, 5.41) is 23.3. The molecule has 6 nitrogen and oxygen atoms in total. The Balaban J connectivity index is 1.57. The number of rotatable bonds is 4. The van der Waals surface area contributed by atoms with Crippen molar-refractivity contribution < 1.29 is 24.5 Å². The lowest BCUT2D eigenvalue weighted by atomic mass is 9.93. The van der Waals surface area contributed by atoms with Gasteiger partial charge in [-0.2, -0.15) is 0 Å². The summed E-state index contributed by atoms with van der Waals surface area (Å²) in [5.41, 5.74) is 3.80. The van der Waals surface area contributed by atoms with Crippen LogP contribution in [0.25, 0.3) is 0 Å². The van der Waals surface area contributed by atoms with Gasteiger partial charge in [0, 0.05) is 18.0 Å². The molecule has 7 heteroatoms. The van der Waals surface area contributed by atoms with Crippen molar-refractivity contribution in [1.29, 1.82) is 0 Å². The maximum absolute atomic E-state index is 11.8. The fourth-order valence-electron chi connectivity index (χ4n) is 3.65. The number of hydrogen-bond acceptors (Lipinski definition) is 6. The van der Waals surface area contributed by atoms with E-state index in [4.69, 9.17) is 21.1 Å². The van der Waals surface area contributed by atoms with Crippen molar-refractivity contribution in [1.82, 2.24) is 0 Å². The Bertz CT molecular complexity index is 887. The van der Waals surface area contributed by atoms with Gasteiger partial charge < -0.3 is 25.0 Å². The molecule has 1 fully saturated rings. The van der Waals surface area contributed by atoms with E-state index in [1.54, 1.807) is 6.07 Å². The molecule has 4 rings (SSSR count). The standard InChI is InChI=1S/C21H22ClNO5/c22-15-3-2-13(19-10-17(25)21(26)20(11-24)28-19)9-14(15)7-12-1-4-18-16(8-12)23-5-6-27-18/h1-4,8-9,17,19-20,23-25H,5-7,10-11H2/t17?,19-,20-/m1/s1. The van der Waals surface area contributed by atoms with Crippen LogP contribution in [0.3, 0.4) is 0 Å². The molecule has 28 heavy (non-hydrogen) atoms. The monoisotopic (exact) mass is 403 g/mol. The number of carbonyl (C=O) groups is 1. The molecule has 2 heterocycles. The van der Waals surface area contributed by atoms with Crippen molar-refractivity contribution in [3.63, 3.8) is 0 Å². The number of Topliss-reactive ketones (excluding diaryl/α,β-unsaturated/α-hetero) is 1. The van der Waals surface area contributed by atoms with Crippen LogP contribution in [-0.4, -0.2) is 48.0 Å². The number of fused-ring (bicyclic) bond motifs is 1. The number of hydrogen-bond donors (Lipinski definition) is 3. The van der Waals surface area contributed by atoms with E-state index in [0.29, 0.717) is 18.1 Å². The van der Waals surface area contributed by atoms with Gasteiger partial charge in [0.05, 0.1) is 18.4 Å². The Morgan fingerprint density at radius 1 is 1.21 bits per heavy atom. The molecular weight excluding hydrogens is 382 g/mol. The summed E-state index contributed by atoms with van der Waals surface area (Å²) in [5.74, 6) is 0.371. The molecule has 148 valence electrons. The summed E-state index contributed by atoms with van der Waals surface area (Å²) in [4.78, 5) is 11.8. The van der Waals surface area contributed by atoms with Crippen LogP contribution in [-0.2, 0) is 16.0 Å². The topological polar surface area (TPSA) is 88.0 Å². The van der Waals surface area contributed by atoms with Crippen LogP contribution in [0.5, 0.6) is 5.75 Å². The molecule has 1 unspecified atom stereocenters. The van der Waals surface area contributed by atoms with Crippen LogP contribution in [0.15, 0.2) is 36.4 Å². The zero-order valence-corrected chi connectivity index (χ0v) is 16.0. The zero-order chi connectivity index (χ0) is 19.7. The van der Waals surface area contributed by atoms with Crippen molar-refractivity contribution in [3.05, 3.63) is 58.1 Å². The molecule has 3 N–H and O–H groups in total. The number of carbonyl (C=O) groups excluding carboxylic acids is 1. The first-order valence-electron chi connectivity index (χ1n) is 9.31. The molecule has 0 radical (unpaired) electrons. The first-order chi connectivity index (χ1) is 13.5. The molecule has 3 atom stereocenters. The normalized spacial score (nSPS) is 24.2. The minimum absolute atomic E-state index is 0.163. The molecule has 0 saturated carbocycles. The molecule has 0 bridgehead atoms. The first kappa shape index (κ1) is 19.2. The molecule has 2 aliphatic heterocycles. The van der Waals surface area contributed by atoms with Crippen molar-refractivity contribution in [2.24, 2.45) is 0 Å². The Hall–Kier alpha value is -2.12. The fraction of sp³-hybridized carbons (Fsp3) is 0.381. The number of nitrogens with one attached hydrogen (secondary N) is 1. The summed E-state index contributed by atoms with van der Waals surface area (Å²) in [7, 11) is 0. The average molecular weight is 404 g/mol. The maximum atomic E-state index is 11.8. The van der Waals surface area contributed by atoms with E-state index in [0.717, 1.165) is 34.7 Å². The highest BCUT2D eigenvalue weighted by molar-refractivity contribution is 6.31. The fourth-order valence-corrected chi connectivity index (χ4v) is 3.83. The lowest BCUT2D eigenvalue weighted by Gasteiger charge is -2.31. The molecule has 0 amide bonds. The van der Waals surface area contributed by atoms with E-state index < -0.39 is 30.7 Å². The Morgan fingerprint density at radius 3 is 2.89 bits per heavy atom. The van der Waals surface area contributed by atoms with Crippen molar-refractivity contribution >= 4 is 23.1 Å². The SMILES string of the molecule is O=C1C(O)C[C@H](c2ccc(Cl)c(Cc3ccc4c(c3)NCCO4)c2)O[C@@H]1CO. The molecule has 2 aromatic carbocycles. The van der Waals surface area contributed by atoms with E-state index in [1.165, 1.54) is 0 Å². The predicted molar refractivity (Wildman–Crippen MR) is 105 cm³/mol. The van der Waals surface area contributed by atoms with E-state index >= 15 is 0 Å². The van der Waals surface area contributed by atoms with Crippen LogP contribution in [0.4, 0.5) is 5.69 Å². The molecule has 1 saturated heterocycles. The number of ether oxygens (including phenoxy) is 2. The van der Waals surface area contributed by atoms with Gasteiger partial charge in [0.15, 0.2) is 5.78 Å². The molecule has 0 spiro atoms. The second-order valence-corrected chi connectivity index (χ2v) is 7.49. The number of anilines is 1. The Labute approximate surface area is 168 Å². The molecule has 0 aliphatic carbocycles. The number of ketones is 1. The van der Waals surface area contributed by atoms with Gasteiger partial charge >= 0.3 is 0 Å². The minimum Gasteiger partial charge on any atom is -0.490 e. The van der Waals surface area contributed by atoms with Crippen LogP contribution >= 0.6 is 11.6 Å². The summed E-state index contributed by atoms with van der Waals surface area (Å²) in [6.07, 6.45) is -1.82. The molecular formula is C21H22ClNO5. The highest BCUT2D eigenvalue weighted by atomic mass is 35.5. The van der Waals surface area contributed by atoms with E-state index in [1.807, 2.05) is 24.3 Å². The van der Waals surface area contributed by atoms with Gasteiger partial charge in [-0.3, -0.25) is 4.79 Å². The number of halogens is 1. The minimum atomic E-state index is -1.14. The second-order valence-electron chi connectivity index (χ2n) is 7.08. The van der Waals surface area contributed by atoms with Crippen LogP contribution < -0.4 is 10.1 Å². The second kappa shape index (κ2) is 8.09. The third-order valence-corrected chi connectivity index (χ3v) is 5.50. The van der Waals surface area contributed by atoms with E-state index in [2.05, 4.69) is 11.4 Å². The highest BCUT2D eigenvalue weighted by Crippen LogP contribution is 2.34.